The van der Waals surface area contributed by atoms with Crippen LogP contribution >= 0.6 is 0 Å². The molecule has 0 aromatic heterocycles. The fourth-order valence-electron chi connectivity index (χ4n) is 10.4. The molecule has 0 spiro atoms. The van der Waals surface area contributed by atoms with Crippen molar-refractivity contribution in [2.75, 3.05) is 19.8 Å². The Kier molecular flexibility index (Phi) is 48.4. The SMILES string of the molecule is CCCCCCCCCCCCCCCCCCOc1cc(CC(N)(C(=O)O)C(C)C)cc(OCCCCCCCCCCCCCCCCCC)c1OCCCCCCCCCCCCCCCCCC. The van der Waals surface area contributed by atoms with Crippen molar-refractivity contribution in [3.63, 3.8) is 0 Å². The third kappa shape index (κ3) is 39.5. The van der Waals surface area contributed by atoms with E-state index < -0.39 is 11.5 Å². The highest BCUT2D eigenvalue weighted by Crippen LogP contribution is 2.41. The Labute approximate surface area is 449 Å². The van der Waals surface area contributed by atoms with Crippen LogP contribution in [0, 0.1) is 5.92 Å². The summed E-state index contributed by atoms with van der Waals surface area (Å²) in [5.41, 5.74) is 6.07. The van der Waals surface area contributed by atoms with E-state index in [1.165, 1.54) is 270 Å². The summed E-state index contributed by atoms with van der Waals surface area (Å²) in [6.07, 6.45) is 64.4. The van der Waals surface area contributed by atoms with Crippen molar-refractivity contribution in [3.8, 4) is 17.2 Å². The Bertz CT molecular complexity index is 1240. The smallest absolute Gasteiger partial charge is 0.324 e. The van der Waals surface area contributed by atoms with E-state index in [1.54, 1.807) is 0 Å². The van der Waals surface area contributed by atoms with E-state index in [0.29, 0.717) is 37.1 Å². The molecule has 0 saturated carbocycles. The molecule has 1 rings (SSSR count). The number of carbonyl (C=O) groups is 1. The third-order valence-corrected chi connectivity index (χ3v) is 15.8. The molecule has 1 aromatic rings. The van der Waals surface area contributed by atoms with Crippen LogP contribution in [-0.2, 0) is 11.2 Å². The van der Waals surface area contributed by atoms with Gasteiger partial charge in [0.1, 0.15) is 5.54 Å². The summed E-state index contributed by atoms with van der Waals surface area (Å²) in [4.78, 5) is 12.6. The molecule has 3 N–H and O–H groups in total. The molecule has 6 heteroatoms. The molecule has 1 unspecified atom stereocenters. The van der Waals surface area contributed by atoms with Gasteiger partial charge in [-0.1, -0.05) is 324 Å². The second-order valence-corrected chi connectivity index (χ2v) is 23.1. The largest absolute Gasteiger partial charge is 0.490 e. The minimum absolute atomic E-state index is 0.199. The molecule has 0 radical (unpaired) electrons. The van der Waals surface area contributed by atoms with Gasteiger partial charge in [-0.05, 0) is 42.9 Å². The van der Waals surface area contributed by atoms with Gasteiger partial charge in [-0.3, -0.25) is 4.79 Å². The standard InChI is InChI=1S/C66H125NO5/c1-6-9-12-15-18-21-24-27-30-33-36-39-42-45-48-51-54-70-62-57-61(59-66(67,60(4)5)65(68)69)58-63(71-55-52-49-46-43-40-37-34-31-28-25-22-19-16-13-10-7-2)64(62)72-56-53-50-47-44-41-38-35-32-29-26-23-20-17-14-11-8-3/h57-58,60H,6-56,59,67H2,1-5H3,(H,68,69). The highest BCUT2D eigenvalue weighted by Gasteiger charge is 2.38. The van der Waals surface area contributed by atoms with Crippen LogP contribution in [-0.4, -0.2) is 36.4 Å². The van der Waals surface area contributed by atoms with E-state index in [0.717, 1.165) is 44.1 Å². The zero-order valence-electron chi connectivity index (χ0n) is 49.2. The zero-order chi connectivity index (χ0) is 52.3. The minimum Gasteiger partial charge on any atom is -0.490 e. The first-order chi connectivity index (χ1) is 35.3. The molecule has 0 saturated heterocycles. The maximum Gasteiger partial charge on any atom is 0.324 e. The van der Waals surface area contributed by atoms with Gasteiger partial charge in [-0.25, -0.2) is 0 Å². The number of carboxylic acid groups (broad SMARTS) is 1. The number of ether oxygens (including phenoxy) is 3. The highest BCUT2D eigenvalue weighted by atomic mass is 16.5. The number of unbranched alkanes of at least 4 members (excludes halogenated alkanes) is 45. The molecule has 424 valence electrons. The summed E-state index contributed by atoms with van der Waals surface area (Å²) >= 11 is 0. The van der Waals surface area contributed by atoms with Gasteiger partial charge in [0.25, 0.3) is 0 Å². The number of rotatable bonds is 58. The number of hydrogen-bond acceptors (Lipinski definition) is 5. The summed E-state index contributed by atoms with van der Waals surface area (Å²) in [7, 11) is 0. The van der Waals surface area contributed by atoms with Crippen LogP contribution in [0.3, 0.4) is 0 Å². The molecule has 0 bridgehead atoms. The van der Waals surface area contributed by atoms with Crippen LogP contribution in [0.25, 0.3) is 0 Å². The average molecular weight is 1010 g/mol. The van der Waals surface area contributed by atoms with Crippen molar-refractivity contribution in [3.05, 3.63) is 17.7 Å². The van der Waals surface area contributed by atoms with E-state index in [2.05, 4.69) is 20.8 Å². The summed E-state index contributed by atoms with van der Waals surface area (Å²) < 4.78 is 19.8. The summed E-state index contributed by atoms with van der Waals surface area (Å²) in [6, 6.07) is 3.98. The van der Waals surface area contributed by atoms with E-state index in [1.807, 2.05) is 26.0 Å². The third-order valence-electron chi connectivity index (χ3n) is 15.8. The van der Waals surface area contributed by atoms with Crippen LogP contribution in [0.2, 0.25) is 0 Å². The molecular weight excluding hydrogens is 887 g/mol. The van der Waals surface area contributed by atoms with E-state index in [-0.39, 0.29) is 12.3 Å². The van der Waals surface area contributed by atoms with Crippen LogP contribution < -0.4 is 19.9 Å². The number of carboxylic acids is 1. The quantitative estimate of drug-likeness (QED) is 0.0632. The summed E-state index contributed by atoms with van der Waals surface area (Å²) in [5.74, 6) is 0.791. The molecule has 1 atom stereocenters. The van der Waals surface area contributed by atoms with Gasteiger partial charge in [0.2, 0.25) is 5.75 Å². The van der Waals surface area contributed by atoms with Gasteiger partial charge in [0.05, 0.1) is 19.8 Å². The van der Waals surface area contributed by atoms with Crippen LogP contribution in [0.4, 0.5) is 0 Å². The Morgan fingerprint density at radius 3 is 0.806 bits per heavy atom. The van der Waals surface area contributed by atoms with Gasteiger partial charge < -0.3 is 25.1 Å². The van der Waals surface area contributed by atoms with Crippen molar-refractivity contribution in [1.82, 2.24) is 0 Å². The monoisotopic (exact) mass is 1010 g/mol. The number of benzene rings is 1. The molecular formula is C66H125NO5. The lowest BCUT2D eigenvalue weighted by molar-refractivity contribution is -0.145. The van der Waals surface area contributed by atoms with Gasteiger partial charge in [0, 0.05) is 6.42 Å². The zero-order valence-corrected chi connectivity index (χ0v) is 49.2. The molecule has 0 aliphatic carbocycles. The first-order valence-electron chi connectivity index (χ1n) is 32.4. The number of nitrogens with two attached hydrogens (primary N) is 1. The molecule has 0 aliphatic heterocycles. The Hall–Kier alpha value is -1.95. The lowest BCUT2D eigenvalue weighted by Crippen LogP contribution is -2.54. The molecule has 0 amide bonds. The van der Waals surface area contributed by atoms with E-state index >= 15 is 0 Å². The lowest BCUT2D eigenvalue weighted by atomic mass is 9.81. The molecule has 0 fully saturated rings. The minimum atomic E-state index is -1.40. The first kappa shape index (κ1) is 68.1. The maximum absolute atomic E-state index is 12.6. The van der Waals surface area contributed by atoms with Crippen molar-refractivity contribution < 1.29 is 24.1 Å². The Morgan fingerprint density at radius 2 is 0.597 bits per heavy atom. The van der Waals surface area contributed by atoms with Crippen molar-refractivity contribution in [1.29, 1.82) is 0 Å². The van der Waals surface area contributed by atoms with E-state index in [9.17, 15) is 9.90 Å². The molecule has 1 aromatic carbocycles. The molecule has 72 heavy (non-hydrogen) atoms. The fraction of sp³-hybridized carbons (Fsp3) is 0.894. The predicted octanol–water partition coefficient (Wildman–Crippen LogP) is 21.6. The molecule has 6 nitrogen and oxygen atoms in total. The van der Waals surface area contributed by atoms with Crippen LogP contribution in [0.1, 0.15) is 348 Å². The average Bonchev–Trinajstić information content (AvgIpc) is 3.37. The highest BCUT2D eigenvalue weighted by molar-refractivity contribution is 5.79. The van der Waals surface area contributed by atoms with Gasteiger partial charge in [0.15, 0.2) is 11.5 Å². The second-order valence-electron chi connectivity index (χ2n) is 23.1. The lowest BCUT2D eigenvalue weighted by Gasteiger charge is -2.29. The van der Waals surface area contributed by atoms with Gasteiger partial charge in [-0.15, -0.1) is 0 Å². The predicted molar refractivity (Wildman–Crippen MR) is 315 cm³/mol. The number of hydrogen-bond donors (Lipinski definition) is 2. The number of aliphatic carboxylic acids is 1. The van der Waals surface area contributed by atoms with E-state index in [4.69, 9.17) is 19.9 Å². The summed E-state index contributed by atoms with van der Waals surface area (Å²) in [5, 5.41) is 10.3. The van der Waals surface area contributed by atoms with Crippen molar-refractivity contribution in [2.45, 2.75) is 355 Å². The van der Waals surface area contributed by atoms with Crippen molar-refractivity contribution in [2.24, 2.45) is 11.7 Å². The Balaban J connectivity index is 2.74. The van der Waals surface area contributed by atoms with Crippen molar-refractivity contribution >= 4 is 5.97 Å². The van der Waals surface area contributed by atoms with Crippen LogP contribution in [0.5, 0.6) is 17.2 Å². The topological polar surface area (TPSA) is 91.0 Å². The molecule has 0 aliphatic rings. The summed E-state index contributed by atoms with van der Waals surface area (Å²) in [6.45, 7) is 12.5. The van der Waals surface area contributed by atoms with Gasteiger partial charge in [-0.2, -0.15) is 0 Å². The normalized spacial score (nSPS) is 12.5. The fourth-order valence-corrected chi connectivity index (χ4v) is 10.4. The van der Waals surface area contributed by atoms with Crippen LogP contribution in [0.15, 0.2) is 12.1 Å². The first-order valence-corrected chi connectivity index (χ1v) is 32.4. The maximum atomic E-state index is 12.6. The second kappa shape index (κ2) is 51.2. The molecule has 0 heterocycles. The van der Waals surface area contributed by atoms with Gasteiger partial charge >= 0.3 is 5.97 Å². The Morgan fingerprint density at radius 1 is 0.389 bits per heavy atom.